The van der Waals surface area contributed by atoms with Crippen LogP contribution in [0.3, 0.4) is 0 Å². The third kappa shape index (κ3) is 1.94. The van der Waals surface area contributed by atoms with Crippen molar-refractivity contribution in [1.29, 1.82) is 0 Å². The van der Waals surface area contributed by atoms with Crippen LogP contribution in [0, 0.1) is 6.92 Å². The van der Waals surface area contributed by atoms with Crippen molar-refractivity contribution in [3.05, 3.63) is 23.3 Å². The summed E-state index contributed by atoms with van der Waals surface area (Å²) in [5.74, 6) is 1.82. The van der Waals surface area contributed by atoms with E-state index in [2.05, 4.69) is 26.8 Å². The van der Waals surface area contributed by atoms with Gasteiger partial charge in [0.1, 0.15) is 5.60 Å². The Labute approximate surface area is 91.2 Å². The SMILES string of the molecule is CCOc1cc(C)cc2c1OC(C)(C)C2. The molecule has 82 valence electrons. The molecule has 15 heavy (non-hydrogen) atoms. The topological polar surface area (TPSA) is 18.5 Å². The van der Waals surface area contributed by atoms with E-state index in [4.69, 9.17) is 9.47 Å². The quantitative estimate of drug-likeness (QED) is 0.740. The molecule has 0 aliphatic carbocycles. The Kier molecular flexibility index (Phi) is 2.37. The predicted octanol–water partition coefficient (Wildman–Crippen LogP) is 3.11. The maximum atomic E-state index is 5.91. The van der Waals surface area contributed by atoms with E-state index in [1.165, 1.54) is 11.1 Å². The molecule has 0 saturated heterocycles. The van der Waals surface area contributed by atoms with Crippen molar-refractivity contribution in [3.63, 3.8) is 0 Å². The van der Waals surface area contributed by atoms with Crippen LogP contribution in [0.4, 0.5) is 0 Å². The lowest BCUT2D eigenvalue weighted by Gasteiger charge is -2.18. The van der Waals surface area contributed by atoms with Crippen molar-refractivity contribution < 1.29 is 9.47 Å². The minimum Gasteiger partial charge on any atom is -0.490 e. The van der Waals surface area contributed by atoms with E-state index in [0.29, 0.717) is 6.61 Å². The van der Waals surface area contributed by atoms with Gasteiger partial charge in [0.15, 0.2) is 11.5 Å². The van der Waals surface area contributed by atoms with Gasteiger partial charge in [0.2, 0.25) is 0 Å². The third-order valence-electron chi connectivity index (χ3n) is 2.57. The summed E-state index contributed by atoms with van der Waals surface area (Å²) < 4.78 is 11.5. The number of fused-ring (bicyclic) bond motifs is 1. The van der Waals surface area contributed by atoms with Crippen LogP contribution in [-0.2, 0) is 6.42 Å². The number of aryl methyl sites for hydroxylation is 1. The zero-order chi connectivity index (χ0) is 11.1. The zero-order valence-corrected chi connectivity index (χ0v) is 9.89. The summed E-state index contributed by atoms with van der Waals surface area (Å²) in [5.41, 5.74) is 2.41. The average Bonchev–Trinajstić information content (AvgIpc) is 2.40. The minimum atomic E-state index is -0.0953. The Hall–Kier alpha value is -1.18. The zero-order valence-electron chi connectivity index (χ0n) is 9.89. The highest BCUT2D eigenvalue weighted by Gasteiger charge is 2.32. The van der Waals surface area contributed by atoms with Crippen LogP contribution in [0.15, 0.2) is 12.1 Å². The minimum absolute atomic E-state index is 0.0953. The summed E-state index contributed by atoms with van der Waals surface area (Å²) in [7, 11) is 0. The van der Waals surface area contributed by atoms with Crippen LogP contribution >= 0.6 is 0 Å². The fourth-order valence-corrected chi connectivity index (χ4v) is 2.09. The molecule has 1 aromatic rings. The second kappa shape index (κ2) is 3.44. The van der Waals surface area contributed by atoms with E-state index >= 15 is 0 Å². The monoisotopic (exact) mass is 206 g/mol. The molecule has 2 rings (SSSR count). The third-order valence-corrected chi connectivity index (χ3v) is 2.57. The highest BCUT2D eigenvalue weighted by atomic mass is 16.5. The Morgan fingerprint density at radius 2 is 2.13 bits per heavy atom. The van der Waals surface area contributed by atoms with Gasteiger partial charge in [0.25, 0.3) is 0 Å². The van der Waals surface area contributed by atoms with Gasteiger partial charge in [-0.25, -0.2) is 0 Å². The van der Waals surface area contributed by atoms with Crippen LogP contribution < -0.4 is 9.47 Å². The van der Waals surface area contributed by atoms with Gasteiger partial charge in [0, 0.05) is 12.0 Å². The number of rotatable bonds is 2. The first-order valence-electron chi connectivity index (χ1n) is 5.47. The fourth-order valence-electron chi connectivity index (χ4n) is 2.09. The maximum Gasteiger partial charge on any atom is 0.165 e. The van der Waals surface area contributed by atoms with E-state index in [9.17, 15) is 0 Å². The van der Waals surface area contributed by atoms with Gasteiger partial charge in [0.05, 0.1) is 6.61 Å². The van der Waals surface area contributed by atoms with Gasteiger partial charge in [-0.2, -0.15) is 0 Å². The predicted molar refractivity (Wildman–Crippen MR) is 60.8 cm³/mol. The van der Waals surface area contributed by atoms with Crippen LogP contribution in [0.5, 0.6) is 11.5 Å². The Morgan fingerprint density at radius 3 is 2.80 bits per heavy atom. The number of hydrogen-bond donors (Lipinski definition) is 0. The van der Waals surface area contributed by atoms with Crippen molar-refractivity contribution in [2.75, 3.05) is 6.61 Å². The molecule has 0 spiro atoms. The lowest BCUT2D eigenvalue weighted by Crippen LogP contribution is -2.24. The van der Waals surface area contributed by atoms with E-state index in [1.807, 2.05) is 13.0 Å². The molecule has 1 aliphatic heterocycles. The van der Waals surface area contributed by atoms with Crippen LogP contribution in [-0.4, -0.2) is 12.2 Å². The number of ether oxygens (including phenoxy) is 2. The highest BCUT2D eigenvalue weighted by molar-refractivity contribution is 5.52. The lowest BCUT2D eigenvalue weighted by molar-refractivity contribution is 0.132. The molecule has 1 aromatic carbocycles. The molecule has 1 heterocycles. The summed E-state index contributed by atoms with van der Waals surface area (Å²) in [6.45, 7) is 8.98. The first-order chi connectivity index (χ1) is 7.02. The highest BCUT2D eigenvalue weighted by Crippen LogP contribution is 2.42. The number of hydrogen-bond acceptors (Lipinski definition) is 2. The Bertz CT molecular complexity index is 380. The van der Waals surface area contributed by atoms with Crippen molar-refractivity contribution >= 4 is 0 Å². The molecular weight excluding hydrogens is 188 g/mol. The van der Waals surface area contributed by atoms with Crippen LogP contribution in [0.1, 0.15) is 31.9 Å². The maximum absolute atomic E-state index is 5.91. The summed E-state index contributed by atoms with van der Waals surface area (Å²) >= 11 is 0. The number of benzene rings is 1. The average molecular weight is 206 g/mol. The smallest absolute Gasteiger partial charge is 0.165 e. The molecule has 2 nitrogen and oxygen atoms in total. The van der Waals surface area contributed by atoms with Gasteiger partial charge >= 0.3 is 0 Å². The van der Waals surface area contributed by atoms with Crippen molar-refractivity contribution in [3.8, 4) is 11.5 Å². The van der Waals surface area contributed by atoms with Crippen LogP contribution in [0.25, 0.3) is 0 Å². The Morgan fingerprint density at radius 1 is 1.40 bits per heavy atom. The first-order valence-corrected chi connectivity index (χ1v) is 5.47. The van der Waals surface area contributed by atoms with E-state index in [1.54, 1.807) is 0 Å². The summed E-state index contributed by atoms with van der Waals surface area (Å²) in [5, 5.41) is 0. The van der Waals surface area contributed by atoms with Gasteiger partial charge in [-0.3, -0.25) is 0 Å². The molecule has 0 N–H and O–H groups in total. The van der Waals surface area contributed by atoms with Gasteiger partial charge in [-0.05, 0) is 39.3 Å². The van der Waals surface area contributed by atoms with Crippen molar-refractivity contribution in [2.24, 2.45) is 0 Å². The molecular formula is C13H18O2. The fraction of sp³-hybridized carbons (Fsp3) is 0.538. The molecule has 0 saturated carbocycles. The molecule has 2 heteroatoms. The summed E-state index contributed by atoms with van der Waals surface area (Å²) in [4.78, 5) is 0. The molecule has 0 radical (unpaired) electrons. The summed E-state index contributed by atoms with van der Waals surface area (Å²) in [6.07, 6.45) is 0.962. The summed E-state index contributed by atoms with van der Waals surface area (Å²) in [6, 6.07) is 4.23. The molecule has 1 aliphatic rings. The van der Waals surface area contributed by atoms with E-state index < -0.39 is 0 Å². The molecule has 0 atom stereocenters. The standard InChI is InChI=1S/C13H18O2/c1-5-14-11-7-9(2)6-10-8-13(3,4)15-12(10)11/h6-7H,5,8H2,1-4H3. The van der Waals surface area contributed by atoms with Crippen molar-refractivity contribution in [2.45, 2.75) is 39.7 Å². The molecule has 0 bridgehead atoms. The molecule has 0 unspecified atom stereocenters. The van der Waals surface area contributed by atoms with E-state index in [0.717, 1.165) is 17.9 Å². The van der Waals surface area contributed by atoms with Gasteiger partial charge in [-0.15, -0.1) is 0 Å². The van der Waals surface area contributed by atoms with Crippen molar-refractivity contribution in [1.82, 2.24) is 0 Å². The van der Waals surface area contributed by atoms with Gasteiger partial charge < -0.3 is 9.47 Å². The second-order valence-corrected chi connectivity index (χ2v) is 4.72. The first kappa shape index (κ1) is 10.3. The second-order valence-electron chi connectivity index (χ2n) is 4.72. The normalized spacial score (nSPS) is 17.1. The Balaban J connectivity index is 2.43. The van der Waals surface area contributed by atoms with Crippen LogP contribution in [0.2, 0.25) is 0 Å². The molecule has 0 aromatic heterocycles. The van der Waals surface area contributed by atoms with E-state index in [-0.39, 0.29) is 5.60 Å². The molecule has 0 fully saturated rings. The largest absolute Gasteiger partial charge is 0.490 e. The molecule has 0 amide bonds. The van der Waals surface area contributed by atoms with Gasteiger partial charge in [-0.1, -0.05) is 6.07 Å². The lowest BCUT2D eigenvalue weighted by atomic mass is 10.0.